The average molecular weight is 379 g/mol. The molecule has 3 rings (SSSR count). The minimum absolute atomic E-state index is 0.0242. The second kappa shape index (κ2) is 7.40. The third-order valence-corrected chi connectivity index (χ3v) is 3.93. The highest BCUT2D eigenvalue weighted by atomic mass is 19.3. The summed E-state index contributed by atoms with van der Waals surface area (Å²) >= 11 is 0. The molecule has 0 unspecified atom stereocenters. The highest BCUT2D eigenvalue weighted by molar-refractivity contribution is 5.62. The Morgan fingerprint density at radius 3 is 2.56 bits per heavy atom. The van der Waals surface area contributed by atoms with Gasteiger partial charge in [0.1, 0.15) is 17.4 Å². The Morgan fingerprint density at radius 2 is 1.89 bits per heavy atom. The number of para-hydroxylation sites is 1. The number of rotatable bonds is 6. The molecule has 0 saturated heterocycles. The molecule has 2 N–H and O–H groups in total. The van der Waals surface area contributed by atoms with Gasteiger partial charge in [0.25, 0.3) is 0 Å². The first-order valence-electron chi connectivity index (χ1n) is 8.12. The molecule has 2 aromatic carbocycles. The molecular weight excluding hydrogens is 362 g/mol. The van der Waals surface area contributed by atoms with Gasteiger partial charge in [0.15, 0.2) is 0 Å². The van der Waals surface area contributed by atoms with Crippen molar-refractivity contribution < 1.29 is 22.3 Å². The number of nitrogens with zero attached hydrogens (tertiary/aromatic N) is 2. The molecular formula is C19H17F4N3O. The van der Waals surface area contributed by atoms with Gasteiger partial charge in [-0.25, -0.2) is 13.8 Å². The standard InChI is InChI=1S/C19H17F4N3O/c1-19(22,23)27-17-5-3-2-4-12(17)10-26-11-25-18(16(26)9-24)14-7-6-13(20)8-15(14)21/h2-8,11H,9-10,24H2,1H3. The number of halogens is 4. The monoisotopic (exact) mass is 379 g/mol. The first-order chi connectivity index (χ1) is 12.8. The van der Waals surface area contributed by atoms with E-state index < -0.39 is 17.7 Å². The van der Waals surface area contributed by atoms with E-state index in [2.05, 4.69) is 4.98 Å². The van der Waals surface area contributed by atoms with Gasteiger partial charge < -0.3 is 15.0 Å². The summed E-state index contributed by atoms with van der Waals surface area (Å²) < 4.78 is 60.1. The van der Waals surface area contributed by atoms with Crippen molar-refractivity contribution in [2.75, 3.05) is 0 Å². The first kappa shape index (κ1) is 18.9. The SMILES string of the molecule is CC(F)(F)Oc1ccccc1Cn1cnc(-c2ccc(F)cc2F)c1CN. The lowest BCUT2D eigenvalue weighted by atomic mass is 10.1. The van der Waals surface area contributed by atoms with Gasteiger partial charge in [-0.05, 0) is 18.2 Å². The van der Waals surface area contributed by atoms with Crippen molar-refractivity contribution in [1.29, 1.82) is 0 Å². The van der Waals surface area contributed by atoms with Gasteiger partial charge in [0.2, 0.25) is 0 Å². The number of ether oxygens (including phenoxy) is 1. The molecule has 0 radical (unpaired) electrons. The van der Waals surface area contributed by atoms with Crippen molar-refractivity contribution in [2.45, 2.75) is 26.1 Å². The van der Waals surface area contributed by atoms with E-state index in [1.165, 1.54) is 18.5 Å². The fraction of sp³-hybridized carbons (Fsp3) is 0.211. The number of nitrogens with two attached hydrogens (primary N) is 1. The maximum Gasteiger partial charge on any atom is 0.394 e. The van der Waals surface area contributed by atoms with Crippen LogP contribution >= 0.6 is 0 Å². The molecule has 0 saturated carbocycles. The summed E-state index contributed by atoms with van der Waals surface area (Å²) in [6, 6.07) is 9.53. The van der Waals surface area contributed by atoms with E-state index >= 15 is 0 Å². The van der Waals surface area contributed by atoms with Gasteiger partial charge in [-0.3, -0.25) is 0 Å². The van der Waals surface area contributed by atoms with Crippen LogP contribution in [0.15, 0.2) is 48.8 Å². The Bertz CT molecular complexity index is 950. The second-order valence-electron chi connectivity index (χ2n) is 6.01. The number of benzene rings is 2. The lowest BCUT2D eigenvalue weighted by molar-refractivity contribution is -0.159. The number of aromatic nitrogens is 2. The van der Waals surface area contributed by atoms with Gasteiger partial charge in [-0.15, -0.1) is 0 Å². The summed E-state index contributed by atoms with van der Waals surface area (Å²) in [4.78, 5) is 4.18. The van der Waals surface area contributed by atoms with Crippen LogP contribution in [0.4, 0.5) is 17.6 Å². The van der Waals surface area contributed by atoms with Gasteiger partial charge in [-0.1, -0.05) is 18.2 Å². The summed E-state index contributed by atoms with van der Waals surface area (Å²) in [6.07, 6.45) is -1.90. The summed E-state index contributed by atoms with van der Waals surface area (Å²) in [5.41, 5.74) is 7.15. The van der Waals surface area contributed by atoms with E-state index in [1.807, 2.05) is 0 Å². The highest BCUT2D eigenvalue weighted by Crippen LogP contribution is 2.29. The predicted octanol–water partition coefficient (Wildman–Crippen LogP) is 4.33. The van der Waals surface area contributed by atoms with E-state index in [0.717, 1.165) is 12.1 Å². The quantitative estimate of drug-likeness (QED) is 0.649. The molecule has 0 bridgehead atoms. The van der Waals surface area contributed by atoms with Crippen molar-refractivity contribution >= 4 is 0 Å². The molecule has 1 aromatic heterocycles. The van der Waals surface area contributed by atoms with Gasteiger partial charge in [0, 0.05) is 30.7 Å². The van der Waals surface area contributed by atoms with Crippen LogP contribution in [0, 0.1) is 11.6 Å². The zero-order chi connectivity index (χ0) is 19.6. The minimum Gasteiger partial charge on any atom is -0.432 e. The third-order valence-electron chi connectivity index (χ3n) is 3.93. The second-order valence-corrected chi connectivity index (χ2v) is 6.01. The molecule has 0 fully saturated rings. The Balaban J connectivity index is 1.97. The molecule has 3 aromatic rings. The van der Waals surface area contributed by atoms with Crippen molar-refractivity contribution in [3.05, 3.63) is 71.7 Å². The topological polar surface area (TPSA) is 53.1 Å². The molecule has 0 aliphatic heterocycles. The molecule has 0 aliphatic rings. The first-order valence-corrected chi connectivity index (χ1v) is 8.12. The Hall–Kier alpha value is -2.87. The zero-order valence-electron chi connectivity index (χ0n) is 14.4. The summed E-state index contributed by atoms with van der Waals surface area (Å²) in [5, 5.41) is 0. The normalized spacial score (nSPS) is 11.6. The molecule has 0 spiro atoms. The van der Waals surface area contributed by atoms with Gasteiger partial charge in [-0.2, -0.15) is 8.78 Å². The predicted molar refractivity (Wildman–Crippen MR) is 92.3 cm³/mol. The fourth-order valence-corrected chi connectivity index (χ4v) is 2.77. The van der Waals surface area contributed by atoms with Crippen LogP contribution in [-0.2, 0) is 13.1 Å². The molecule has 142 valence electrons. The Morgan fingerprint density at radius 1 is 1.15 bits per heavy atom. The van der Waals surface area contributed by atoms with Crippen molar-refractivity contribution in [2.24, 2.45) is 5.73 Å². The van der Waals surface area contributed by atoms with E-state index in [0.29, 0.717) is 18.2 Å². The lowest BCUT2D eigenvalue weighted by Gasteiger charge is -2.17. The van der Waals surface area contributed by atoms with Crippen LogP contribution in [0.25, 0.3) is 11.3 Å². The summed E-state index contributed by atoms with van der Waals surface area (Å²) in [7, 11) is 0. The maximum atomic E-state index is 14.1. The average Bonchev–Trinajstić information content (AvgIpc) is 2.98. The Labute approximate surface area is 153 Å². The smallest absolute Gasteiger partial charge is 0.394 e. The number of alkyl halides is 2. The van der Waals surface area contributed by atoms with E-state index in [4.69, 9.17) is 10.5 Å². The number of hydrogen-bond acceptors (Lipinski definition) is 3. The zero-order valence-corrected chi connectivity index (χ0v) is 14.4. The third kappa shape index (κ3) is 4.28. The minimum atomic E-state index is -3.33. The van der Waals surface area contributed by atoms with Gasteiger partial charge >= 0.3 is 6.11 Å². The highest BCUT2D eigenvalue weighted by Gasteiger charge is 2.25. The van der Waals surface area contributed by atoms with Crippen LogP contribution in [0.5, 0.6) is 5.75 Å². The van der Waals surface area contributed by atoms with E-state index in [-0.39, 0.29) is 30.1 Å². The Kier molecular flexibility index (Phi) is 5.18. The molecule has 0 atom stereocenters. The molecule has 1 heterocycles. The fourth-order valence-electron chi connectivity index (χ4n) is 2.77. The maximum absolute atomic E-state index is 14.1. The molecule has 0 aliphatic carbocycles. The van der Waals surface area contributed by atoms with Crippen LogP contribution in [0.3, 0.4) is 0 Å². The molecule has 27 heavy (non-hydrogen) atoms. The van der Waals surface area contributed by atoms with Crippen molar-refractivity contribution in [3.8, 4) is 17.0 Å². The van der Waals surface area contributed by atoms with Crippen LogP contribution in [-0.4, -0.2) is 15.7 Å². The number of imidazole rings is 1. The molecule has 4 nitrogen and oxygen atoms in total. The van der Waals surface area contributed by atoms with Crippen LogP contribution < -0.4 is 10.5 Å². The van der Waals surface area contributed by atoms with E-state index in [9.17, 15) is 17.6 Å². The van der Waals surface area contributed by atoms with Crippen LogP contribution in [0.2, 0.25) is 0 Å². The molecule has 0 amide bonds. The van der Waals surface area contributed by atoms with Crippen LogP contribution in [0.1, 0.15) is 18.2 Å². The van der Waals surface area contributed by atoms with Crippen molar-refractivity contribution in [1.82, 2.24) is 9.55 Å². The summed E-state index contributed by atoms with van der Waals surface area (Å²) in [6.45, 7) is 0.829. The van der Waals surface area contributed by atoms with Gasteiger partial charge in [0.05, 0.1) is 24.3 Å². The van der Waals surface area contributed by atoms with Crippen molar-refractivity contribution in [3.63, 3.8) is 0 Å². The largest absolute Gasteiger partial charge is 0.432 e. The summed E-state index contributed by atoms with van der Waals surface area (Å²) in [5.74, 6) is -1.43. The van der Waals surface area contributed by atoms with E-state index in [1.54, 1.807) is 22.8 Å². The number of hydrogen-bond donors (Lipinski definition) is 1. The molecule has 8 heteroatoms. The lowest BCUT2D eigenvalue weighted by Crippen LogP contribution is -2.20.